The number of hydrogen-bond acceptors (Lipinski definition) is 1. The van der Waals surface area contributed by atoms with Crippen LogP contribution in [0.5, 0.6) is 0 Å². The van der Waals surface area contributed by atoms with E-state index in [1.165, 1.54) is 24.3 Å². The predicted octanol–water partition coefficient (Wildman–Crippen LogP) is 4.45. The van der Waals surface area contributed by atoms with Crippen LogP contribution >= 0.6 is 11.6 Å². The molecule has 1 fully saturated rings. The van der Waals surface area contributed by atoms with Gasteiger partial charge in [-0.1, -0.05) is 12.1 Å². The molecular weight excluding hydrogens is 308 g/mol. The van der Waals surface area contributed by atoms with Gasteiger partial charge < -0.3 is 4.74 Å². The van der Waals surface area contributed by atoms with Crippen LogP contribution in [0.15, 0.2) is 36.4 Å². The minimum atomic E-state index is -1.28. The number of ether oxygens (including phenoxy) is 1. The van der Waals surface area contributed by atoms with Gasteiger partial charge in [-0.25, -0.2) is 17.6 Å². The summed E-state index contributed by atoms with van der Waals surface area (Å²) in [7, 11) is 0. The molecule has 1 nitrogen and oxygen atoms in total. The second kappa shape index (κ2) is 5.00. The molecule has 1 aliphatic rings. The van der Waals surface area contributed by atoms with Crippen molar-refractivity contribution in [2.45, 2.75) is 11.7 Å². The zero-order valence-corrected chi connectivity index (χ0v) is 11.3. The SMILES string of the molecule is Fc1ccc(C2OC2(CCl)c2cc(F)c(F)cc2F)cc1. The molecule has 1 saturated heterocycles. The second-order valence-corrected chi connectivity index (χ2v) is 5.09. The van der Waals surface area contributed by atoms with Crippen molar-refractivity contribution in [2.75, 3.05) is 5.88 Å². The molecule has 2 aromatic rings. The van der Waals surface area contributed by atoms with Gasteiger partial charge in [0.2, 0.25) is 0 Å². The summed E-state index contributed by atoms with van der Waals surface area (Å²) in [5.74, 6) is -3.95. The molecule has 1 aliphatic heterocycles. The summed E-state index contributed by atoms with van der Waals surface area (Å²) in [5.41, 5.74) is -0.829. The molecule has 110 valence electrons. The van der Waals surface area contributed by atoms with Crippen LogP contribution in [0.4, 0.5) is 17.6 Å². The van der Waals surface area contributed by atoms with E-state index in [4.69, 9.17) is 16.3 Å². The molecule has 0 amide bonds. The molecule has 1 heterocycles. The Morgan fingerprint density at radius 3 is 2.19 bits per heavy atom. The molecule has 0 aromatic heterocycles. The summed E-state index contributed by atoms with van der Waals surface area (Å²) < 4.78 is 58.6. The standard InChI is InChI=1S/C15H9ClF4O/c16-7-15(10-5-12(19)13(20)6-11(10)18)14(21-15)8-1-3-9(17)4-2-8/h1-6,14H,7H2. The largest absolute Gasteiger partial charge is 0.354 e. The van der Waals surface area contributed by atoms with Gasteiger partial charge in [-0.3, -0.25) is 0 Å². The van der Waals surface area contributed by atoms with Gasteiger partial charge in [-0.2, -0.15) is 0 Å². The van der Waals surface area contributed by atoms with Gasteiger partial charge in [0.05, 0.1) is 5.88 Å². The highest BCUT2D eigenvalue weighted by Crippen LogP contribution is 2.58. The summed E-state index contributed by atoms with van der Waals surface area (Å²) in [4.78, 5) is 0. The van der Waals surface area contributed by atoms with Crippen LogP contribution in [0.1, 0.15) is 17.2 Å². The average molecular weight is 317 g/mol. The Labute approximate surface area is 123 Å². The molecule has 21 heavy (non-hydrogen) atoms. The first-order valence-corrected chi connectivity index (χ1v) is 6.65. The first-order valence-electron chi connectivity index (χ1n) is 6.12. The fourth-order valence-electron chi connectivity index (χ4n) is 2.38. The lowest BCUT2D eigenvalue weighted by Crippen LogP contribution is -2.15. The summed E-state index contributed by atoms with van der Waals surface area (Å²) in [6.07, 6.45) is -0.630. The zero-order valence-electron chi connectivity index (χ0n) is 10.5. The molecule has 2 aromatic carbocycles. The first-order chi connectivity index (χ1) is 9.98. The lowest BCUT2D eigenvalue weighted by molar-refractivity contribution is 0.308. The number of alkyl halides is 1. The van der Waals surface area contributed by atoms with E-state index >= 15 is 0 Å². The number of halogens is 5. The molecule has 0 spiro atoms. The van der Waals surface area contributed by atoms with Gasteiger partial charge in [-0.15, -0.1) is 11.6 Å². The molecule has 0 radical (unpaired) electrons. The first kappa shape index (κ1) is 14.4. The van der Waals surface area contributed by atoms with E-state index in [-0.39, 0.29) is 11.4 Å². The van der Waals surface area contributed by atoms with E-state index in [0.717, 1.165) is 6.07 Å². The van der Waals surface area contributed by atoms with E-state index in [9.17, 15) is 17.6 Å². The zero-order chi connectivity index (χ0) is 15.2. The number of rotatable bonds is 3. The van der Waals surface area contributed by atoms with Crippen molar-refractivity contribution < 1.29 is 22.3 Å². The molecule has 0 bridgehead atoms. The molecular formula is C15H9ClF4O. The predicted molar refractivity (Wildman–Crippen MR) is 68.9 cm³/mol. The summed E-state index contributed by atoms with van der Waals surface area (Å²) in [5, 5.41) is 0. The molecule has 0 N–H and O–H groups in total. The van der Waals surface area contributed by atoms with Crippen LogP contribution < -0.4 is 0 Å². The maximum atomic E-state index is 13.9. The van der Waals surface area contributed by atoms with E-state index in [2.05, 4.69) is 0 Å². The quantitative estimate of drug-likeness (QED) is 0.353. The third-order valence-electron chi connectivity index (χ3n) is 3.53. The lowest BCUT2D eigenvalue weighted by atomic mass is 9.92. The Balaban J connectivity index is 2.00. The van der Waals surface area contributed by atoms with Crippen molar-refractivity contribution in [1.82, 2.24) is 0 Å². The Hall–Kier alpha value is -1.59. The van der Waals surface area contributed by atoms with E-state index < -0.39 is 35.0 Å². The number of epoxide rings is 1. The molecule has 0 saturated carbocycles. The fourth-order valence-corrected chi connectivity index (χ4v) is 2.72. The third kappa shape index (κ3) is 2.30. The monoisotopic (exact) mass is 316 g/mol. The Morgan fingerprint density at radius 2 is 1.57 bits per heavy atom. The van der Waals surface area contributed by atoms with Gasteiger partial charge >= 0.3 is 0 Å². The van der Waals surface area contributed by atoms with Gasteiger partial charge in [0.25, 0.3) is 0 Å². The average Bonchev–Trinajstić information content (AvgIpc) is 3.19. The van der Waals surface area contributed by atoms with Crippen molar-refractivity contribution in [2.24, 2.45) is 0 Å². The minimum Gasteiger partial charge on any atom is -0.354 e. The molecule has 6 heteroatoms. The highest BCUT2D eigenvalue weighted by atomic mass is 35.5. The van der Waals surface area contributed by atoms with Gasteiger partial charge in [-0.05, 0) is 23.8 Å². The van der Waals surface area contributed by atoms with Crippen LogP contribution in [0.3, 0.4) is 0 Å². The van der Waals surface area contributed by atoms with Crippen LogP contribution in [0.25, 0.3) is 0 Å². The normalized spacial score (nSPS) is 24.1. The molecule has 2 unspecified atom stereocenters. The van der Waals surface area contributed by atoms with Crippen LogP contribution in [-0.4, -0.2) is 5.88 Å². The van der Waals surface area contributed by atoms with E-state index in [1.807, 2.05) is 0 Å². The smallest absolute Gasteiger partial charge is 0.161 e. The lowest BCUT2D eigenvalue weighted by Gasteiger charge is -2.12. The Morgan fingerprint density at radius 1 is 0.952 bits per heavy atom. The van der Waals surface area contributed by atoms with Crippen molar-refractivity contribution >= 4 is 11.6 Å². The van der Waals surface area contributed by atoms with Crippen molar-refractivity contribution in [3.8, 4) is 0 Å². The summed E-state index contributed by atoms with van der Waals surface area (Å²) in [6.45, 7) is 0. The molecule has 2 atom stereocenters. The Kier molecular flexibility index (Phi) is 3.42. The highest BCUT2D eigenvalue weighted by molar-refractivity contribution is 6.18. The topological polar surface area (TPSA) is 12.5 Å². The summed E-state index contributed by atoms with van der Waals surface area (Å²) in [6, 6.07) is 6.63. The van der Waals surface area contributed by atoms with Crippen molar-refractivity contribution in [3.63, 3.8) is 0 Å². The fraction of sp³-hybridized carbons (Fsp3) is 0.200. The van der Waals surface area contributed by atoms with Crippen molar-refractivity contribution in [3.05, 3.63) is 70.8 Å². The summed E-state index contributed by atoms with van der Waals surface area (Å²) >= 11 is 5.85. The van der Waals surface area contributed by atoms with Gasteiger partial charge in [0.1, 0.15) is 23.3 Å². The van der Waals surface area contributed by atoms with Crippen LogP contribution in [-0.2, 0) is 10.3 Å². The minimum absolute atomic E-state index is 0.142. The molecule has 3 rings (SSSR count). The second-order valence-electron chi connectivity index (χ2n) is 4.82. The maximum absolute atomic E-state index is 13.9. The molecule has 0 aliphatic carbocycles. The van der Waals surface area contributed by atoms with Gasteiger partial charge in [0, 0.05) is 11.6 Å². The maximum Gasteiger partial charge on any atom is 0.161 e. The number of benzene rings is 2. The van der Waals surface area contributed by atoms with Crippen LogP contribution in [0, 0.1) is 23.3 Å². The number of hydrogen-bond donors (Lipinski definition) is 0. The van der Waals surface area contributed by atoms with Crippen LogP contribution in [0.2, 0.25) is 0 Å². The van der Waals surface area contributed by atoms with Gasteiger partial charge in [0.15, 0.2) is 11.6 Å². The van der Waals surface area contributed by atoms with E-state index in [0.29, 0.717) is 11.6 Å². The van der Waals surface area contributed by atoms with E-state index in [1.54, 1.807) is 0 Å². The van der Waals surface area contributed by atoms with Crippen molar-refractivity contribution in [1.29, 1.82) is 0 Å². The third-order valence-corrected chi connectivity index (χ3v) is 3.93. The highest BCUT2D eigenvalue weighted by Gasteiger charge is 2.59. The Bertz CT molecular complexity index is 689.